The molecule has 1 aromatic heterocycles. The zero-order valence-corrected chi connectivity index (χ0v) is 22.4. The van der Waals surface area contributed by atoms with E-state index in [4.69, 9.17) is 28.2 Å². The van der Waals surface area contributed by atoms with Gasteiger partial charge in [-0.05, 0) is 50.5 Å². The molecule has 3 aromatic rings. The summed E-state index contributed by atoms with van der Waals surface area (Å²) >= 11 is 13.1. The fraction of sp³-hybridized carbons (Fsp3) is 0.333. The van der Waals surface area contributed by atoms with Crippen molar-refractivity contribution in [2.24, 2.45) is 0 Å². The normalized spacial score (nSPS) is 16.2. The van der Waals surface area contributed by atoms with Crippen LogP contribution in [0.2, 0.25) is 10.0 Å². The van der Waals surface area contributed by atoms with Crippen molar-refractivity contribution in [3.8, 4) is 11.3 Å². The van der Waals surface area contributed by atoms with Gasteiger partial charge < -0.3 is 15.1 Å². The lowest BCUT2D eigenvalue weighted by molar-refractivity contribution is 0.229. The van der Waals surface area contributed by atoms with Crippen LogP contribution in [-0.2, 0) is 6.54 Å². The lowest BCUT2D eigenvalue weighted by Crippen LogP contribution is -2.48. The van der Waals surface area contributed by atoms with E-state index >= 15 is 0 Å². The molecule has 1 N–H and O–H groups in total. The average Bonchev–Trinajstić information content (AvgIpc) is 2.88. The number of hydrogen-bond donors (Lipinski definition) is 1. The third-order valence-corrected chi connectivity index (χ3v) is 7.40. The largest absolute Gasteiger partial charge is 0.354 e. The summed E-state index contributed by atoms with van der Waals surface area (Å²) in [4.78, 5) is 26.6. The van der Waals surface area contributed by atoms with Crippen molar-refractivity contribution in [3.05, 3.63) is 70.0 Å². The first-order chi connectivity index (χ1) is 17.8. The van der Waals surface area contributed by atoms with Crippen LogP contribution in [0.3, 0.4) is 0 Å². The van der Waals surface area contributed by atoms with Gasteiger partial charge in [-0.2, -0.15) is 0 Å². The molecule has 1 fully saturated rings. The minimum Gasteiger partial charge on any atom is -0.354 e. The second-order valence-corrected chi connectivity index (χ2v) is 10.3. The second kappa shape index (κ2) is 10.8. The molecule has 10 heteroatoms. The molecule has 2 aliphatic heterocycles. The maximum Gasteiger partial charge on any atom is 0.326 e. The van der Waals surface area contributed by atoms with Crippen molar-refractivity contribution >= 4 is 46.4 Å². The summed E-state index contributed by atoms with van der Waals surface area (Å²) in [5.74, 6) is 0.439. The summed E-state index contributed by atoms with van der Waals surface area (Å²) in [6.45, 7) is 5.75. The van der Waals surface area contributed by atoms with Crippen molar-refractivity contribution in [1.82, 2.24) is 20.1 Å². The van der Waals surface area contributed by atoms with E-state index in [1.807, 2.05) is 6.07 Å². The molecule has 0 spiro atoms. The van der Waals surface area contributed by atoms with Crippen molar-refractivity contribution in [2.75, 3.05) is 63.2 Å². The number of nitrogens with one attached hydrogen (secondary N) is 1. The zero-order valence-electron chi connectivity index (χ0n) is 20.8. The van der Waals surface area contributed by atoms with Crippen LogP contribution in [0.1, 0.15) is 5.56 Å². The minimum absolute atomic E-state index is 0.283. The first-order valence-electron chi connectivity index (χ1n) is 12.3. The number of hydrogen-bond acceptors (Lipinski definition) is 5. The Balaban J connectivity index is 1.58. The SMILES string of the molecule is CN(C)CCN1CCN(c2cc3c(c(-c4ccc(F)cc4)n2)CNC(=O)N3c2c(Cl)cccc2Cl)CC1. The Morgan fingerprint density at radius 2 is 1.70 bits per heavy atom. The number of piperazine rings is 1. The van der Waals surface area contributed by atoms with E-state index in [0.717, 1.165) is 56.2 Å². The van der Waals surface area contributed by atoms with Gasteiger partial charge in [-0.3, -0.25) is 9.80 Å². The van der Waals surface area contributed by atoms with Gasteiger partial charge in [0.05, 0.1) is 27.1 Å². The van der Waals surface area contributed by atoms with Gasteiger partial charge >= 0.3 is 6.03 Å². The number of nitrogens with zero attached hydrogens (tertiary/aromatic N) is 5. The van der Waals surface area contributed by atoms with Crippen LogP contribution >= 0.6 is 23.2 Å². The summed E-state index contributed by atoms with van der Waals surface area (Å²) in [5.41, 5.74) is 3.36. The smallest absolute Gasteiger partial charge is 0.326 e. The van der Waals surface area contributed by atoms with Gasteiger partial charge in [0.15, 0.2) is 0 Å². The number of para-hydroxylation sites is 1. The summed E-state index contributed by atoms with van der Waals surface area (Å²) < 4.78 is 13.8. The molecule has 0 aliphatic carbocycles. The van der Waals surface area contributed by atoms with E-state index in [-0.39, 0.29) is 18.4 Å². The Kier molecular flexibility index (Phi) is 7.53. The molecule has 0 unspecified atom stereocenters. The molecular formula is C27H29Cl2FN6O. The number of rotatable bonds is 6. The van der Waals surface area contributed by atoms with E-state index in [1.165, 1.54) is 17.0 Å². The predicted molar refractivity (Wildman–Crippen MR) is 148 cm³/mol. The Morgan fingerprint density at radius 3 is 2.35 bits per heavy atom. The van der Waals surface area contributed by atoms with Crippen molar-refractivity contribution in [3.63, 3.8) is 0 Å². The molecule has 3 heterocycles. The van der Waals surface area contributed by atoms with Gasteiger partial charge in [-0.1, -0.05) is 29.3 Å². The van der Waals surface area contributed by atoms with Gasteiger partial charge in [-0.15, -0.1) is 0 Å². The number of pyridine rings is 1. The van der Waals surface area contributed by atoms with Crippen LogP contribution in [0.25, 0.3) is 11.3 Å². The molecule has 0 saturated carbocycles. The maximum atomic E-state index is 13.8. The summed E-state index contributed by atoms with van der Waals surface area (Å²) in [6, 6.07) is 13.0. The van der Waals surface area contributed by atoms with Gasteiger partial charge in [-0.25, -0.2) is 14.2 Å². The standard InChI is InChI=1S/C27H29Cl2FN6O/c1-33(2)10-11-34-12-14-35(15-13-34)24-16-23-20(25(32-24)18-6-8-19(30)9-7-18)17-31-27(37)36(23)26-21(28)4-3-5-22(26)29/h3-9,16H,10-15,17H2,1-2H3,(H,31,37). The molecule has 0 radical (unpaired) electrons. The number of carbonyl (C=O) groups excluding carboxylic acids is 1. The third kappa shape index (κ3) is 5.38. The summed E-state index contributed by atoms with van der Waals surface area (Å²) in [6.07, 6.45) is 0. The highest BCUT2D eigenvalue weighted by atomic mass is 35.5. The number of benzene rings is 2. The van der Waals surface area contributed by atoms with E-state index in [1.54, 1.807) is 30.3 Å². The van der Waals surface area contributed by atoms with Crippen LogP contribution < -0.4 is 15.1 Å². The van der Waals surface area contributed by atoms with Gasteiger partial charge in [0, 0.05) is 63.0 Å². The molecule has 37 heavy (non-hydrogen) atoms. The Morgan fingerprint density at radius 1 is 1.03 bits per heavy atom. The van der Waals surface area contributed by atoms with E-state index < -0.39 is 0 Å². The van der Waals surface area contributed by atoms with E-state index in [2.05, 4.69) is 34.1 Å². The first kappa shape index (κ1) is 25.7. The van der Waals surface area contributed by atoms with Crippen molar-refractivity contribution in [1.29, 1.82) is 0 Å². The van der Waals surface area contributed by atoms with Crippen LogP contribution in [0.4, 0.5) is 26.4 Å². The fourth-order valence-electron chi connectivity index (χ4n) is 4.75. The average molecular weight is 543 g/mol. The molecule has 5 rings (SSSR count). The number of amides is 2. The highest BCUT2D eigenvalue weighted by Crippen LogP contribution is 2.44. The first-order valence-corrected chi connectivity index (χ1v) is 13.0. The molecular weight excluding hydrogens is 514 g/mol. The van der Waals surface area contributed by atoms with Gasteiger partial charge in [0.2, 0.25) is 0 Å². The number of likely N-dealkylation sites (N-methyl/N-ethyl adjacent to an activating group) is 1. The van der Waals surface area contributed by atoms with Gasteiger partial charge in [0.1, 0.15) is 11.6 Å². The molecule has 0 bridgehead atoms. The molecule has 2 amide bonds. The molecule has 2 aliphatic rings. The summed E-state index contributed by atoms with van der Waals surface area (Å²) in [5, 5.41) is 3.66. The van der Waals surface area contributed by atoms with Crippen LogP contribution in [0, 0.1) is 5.82 Å². The molecule has 1 saturated heterocycles. The van der Waals surface area contributed by atoms with Gasteiger partial charge in [0.25, 0.3) is 0 Å². The van der Waals surface area contributed by atoms with Crippen LogP contribution in [0.15, 0.2) is 48.5 Å². The fourth-order valence-corrected chi connectivity index (χ4v) is 5.31. The topological polar surface area (TPSA) is 55.0 Å². The quantitative estimate of drug-likeness (QED) is 0.461. The maximum absolute atomic E-state index is 13.8. The Bertz CT molecular complexity index is 1270. The lowest BCUT2D eigenvalue weighted by Gasteiger charge is -2.38. The molecule has 0 atom stereocenters. The number of fused-ring (bicyclic) bond motifs is 1. The highest BCUT2D eigenvalue weighted by molar-refractivity contribution is 6.40. The number of anilines is 3. The Hall–Kier alpha value is -2.91. The lowest BCUT2D eigenvalue weighted by atomic mass is 10.0. The van der Waals surface area contributed by atoms with Crippen LogP contribution in [0.5, 0.6) is 0 Å². The van der Waals surface area contributed by atoms with Crippen molar-refractivity contribution in [2.45, 2.75) is 6.54 Å². The van der Waals surface area contributed by atoms with Crippen LogP contribution in [-0.4, -0.2) is 74.2 Å². The second-order valence-electron chi connectivity index (χ2n) is 9.53. The Labute approximate surface area is 226 Å². The number of aromatic nitrogens is 1. The van der Waals surface area contributed by atoms with E-state index in [9.17, 15) is 9.18 Å². The molecule has 194 valence electrons. The zero-order chi connectivity index (χ0) is 26.1. The number of carbonyl (C=O) groups is 1. The third-order valence-electron chi connectivity index (χ3n) is 6.79. The highest BCUT2D eigenvalue weighted by Gasteiger charge is 2.32. The minimum atomic E-state index is -0.321. The predicted octanol–water partition coefficient (Wildman–Crippen LogP) is 5.24. The van der Waals surface area contributed by atoms with Crippen molar-refractivity contribution < 1.29 is 9.18 Å². The molecule has 2 aromatic carbocycles. The number of halogens is 3. The number of urea groups is 1. The van der Waals surface area contributed by atoms with E-state index in [0.29, 0.717) is 27.1 Å². The monoisotopic (exact) mass is 542 g/mol. The molecule has 7 nitrogen and oxygen atoms in total. The summed E-state index contributed by atoms with van der Waals surface area (Å²) in [7, 11) is 4.16.